The number of nitrogens with zero attached hydrogens (tertiary/aromatic N) is 1. The zero-order chi connectivity index (χ0) is 14.0. The second kappa shape index (κ2) is 5.17. The summed E-state index contributed by atoms with van der Waals surface area (Å²) < 4.78 is 5.57. The molecule has 0 radical (unpaired) electrons. The van der Waals surface area contributed by atoms with Crippen LogP contribution in [0.5, 0.6) is 0 Å². The number of hydrogen-bond acceptors (Lipinski definition) is 4. The Morgan fingerprint density at radius 3 is 2.74 bits per heavy atom. The lowest BCUT2D eigenvalue weighted by Gasteiger charge is -2.27. The van der Waals surface area contributed by atoms with Gasteiger partial charge < -0.3 is 10.1 Å². The first kappa shape index (κ1) is 13.8. The summed E-state index contributed by atoms with van der Waals surface area (Å²) in [6.07, 6.45) is 0.238. The van der Waals surface area contributed by atoms with Gasteiger partial charge in [0.2, 0.25) is 0 Å². The van der Waals surface area contributed by atoms with Crippen LogP contribution in [0.2, 0.25) is 0 Å². The molecule has 19 heavy (non-hydrogen) atoms. The van der Waals surface area contributed by atoms with Crippen molar-refractivity contribution >= 4 is 29.3 Å². The number of nitrogens with one attached hydrogen (secondary N) is 1. The van der Waals surface area contributed by atoms with Gasteiger partial charge in [-0.2, -0.15) is 0 Å². The predicted molar refractivity (Wildman–Crippen MR) is 78.2 cm³/mol. The highest BCUT2D eigenvalue weighted by atomic mass is 32.1. The monoisotopic (exact) mass is 278 g/mol. The number of thiophene rings is 1. The zero-order valence-corrected chi connectivity index (χ0v) is 12.4. The SMILES string of the molecule is CC1=C(c2cccs2)NC(=NC(C)(C)C)OC1C=O. The molecule has 0 aliphatic carbocycles. The number of carbonyl (C=O) groups excluding carboxylic acids is 1. The van der Waals surface area contributed by atoms with Gasteiger partial charge in [0.15, 0.2) is 12.4 Å². The average molecular weight is 278 g/mol. The van der Waals surface area contributed by atoms with Gasteiger partial charge in [0.25, 0.3) is 6.02 Å². The average Bonchev–Trinajstić information content (AvgIpc) is 2.82. The summed E-state index contributed by atoms with van der Waals surface area (Å²) in [5, 5.41) is 5.19. The van der Waals surface area contributed by atoms with Crippen LogP contribution in [0.1, 0.15) is 32.6 Å². The predicted octanol–water partition coefficient (Wildman–Crippen LogP) is 2.82. The molecule has 1 aromatic heterocycles. The molecule has 1 N–H and O–H groups in total. The van der Waals surface area contributed by atoms with Crippen LogP contribution < -0.4 is 5.32 Å². The van der Waals surface area contributed by atoms with E-state index in [9.17, 15) is 4.79 Å². The van der Waals surface area contributed by atoms with Crippen molar-refractivity contribution in [2.75, 3.05) is 0 Å². The van der Waals surface area contributed by atoms with Crippen LogP contribution in [0.4, 0.5) is 0 Å². The lowest BCUT2D eigenvalue weighted by Crippen LogP contribution is -2.39. The van der Waals surface area contributed by atoms with Crippen molar-refractivity contribution in [1.29, 1.82) is 0 Å². The van der Waals surface area contributed by atoms with Crippen LogP contribution in [-0.2, 0) is 9.53 Å². The Kier molecular flexibility index (Phi) is 3.75. The van der Waals surface area contributed by atoms with Crippen molar-refractivity contribution in [1.82, 2.24) is 5.32 Å². The van der Waals surface area contributed by atoms with Crippen molar-refractivity contribution in [3.05, 3.63) is 28.0 Å². The van der Waals surface area contributed by atoms with Crippen molar-refractivity contribution in [3.8, 4) is 0 Å². The summed E-state index contributed by atoms with van der Waals surface area (Å²) in [5.74, 6) is 0. The van der Waals surface area contributed by atoms with Gasteiger partial charge in [-0.15, -0.1) is 11.3 Å². The number of ether oxygens (including phenoxy) is 1. The molecule has 5 heteroatoms. The van der Waals surface area contributed by atoms with Crippen LogP contribution >= 0.6 is 11.3 Å². The Morgan fingerprint density at radius 2 is 2.21 bits per heavy atom. The summed E-state index contributed by atoms with van der Waals surface area (Å²) >= 11 is 1.62. The molecule has 1 atom stereocenters. The van der Waals surface area contributed by atoms with Gasteiger partial charge in [-0.1, -0.05) is 6.07 Å². The van der Waals surface area contributed by atoms with Crippen molar-refractivity contribution in [2.45, 2.75) is 39.3 Å². The molecule has 0 spiro atoms. The van der Waals surface area contributed by atoms with Gasteiger partial charge in [-0.25, -0.2) is 4.99 Å². The highest BCUT2D eigenvalue weighted by molar-refractivity contribution is 7.11. The molecule has 0 fully saturated rings. The van der Waals surface area contributed by atoms with Gasteiger partial charge in [-0.3, -0.25) is 4.79 Å². The summed E-state index contributed by atoms with van der Waals surface area (Å²) in [4.78, 5) is 16.7. The number of rotatable bonds is 2. The number of aliphatic imine (C=N–C) groups is 1. The van der Waals surface area contributed by atoms with Gasteiger partial charge in [0.05, 0.1) is 16.1 Å². The largest absolute Gasteiger partial charge is 0.449 e. The summed E-state index contributed by atoms with van der Waals surface area (Å²) in [7, 11) is 0. The minimum Gasteiger partial charge on any atom is -0.449 e. The maximum atomic E-state index is 11.2. The molecule has 2 rings (SSSR count). The van der Waals surface area contributed by atoms with E-state index in [1.54, 1.807) is 11.3 Å². The third-order valence-electron chi connectivity index (χ3n) is 2.62. The first-order chi connectivity index (χ1) is 8.90. The fourth-order valence-corrected chi connectivity index (χ4v) is 2.54. The normalized spacial score (nSPS) is 22.1. The Morgan fingerprint density at radius 1 is 1.47 bits per heavy atom. The Bertz CT molecular complexity index is 524. The van der Waals surface area contributed by atoms with E-state index in [-0.39, 0.29) is 5.54 Å². The van der Waals surface area contributed by atoms with Crippen LogP contribution in [-0.4, -0.2) is 24.0 Å². The van der Waals surface area contributed by atoms with Gasteiger partial charge >= 0.3 is 0 Å². The highest BCUT2D eigenvalue weighted by Crippen LogP contribution is 2.27. The molecule has 0 saturated carbocycles. The number of hydrogen-bond donors (Lipinski definition) is 1. The molecule has 4 nitrogen and oxygen atoms in total. The number of carbonyl (C=O) groups is 1. The van der Waals surface area contributed by atoms with E-state index in [2.05, 4.69) is 10.3 Å². The molecule has 1 aliphatic heterocycles. The van der Waals surface area contributed by atoms with Gasteiger partial charge in [-0.05, 0) is 44.7 Å². The van der Waals surface area contributed by atoms with E-state index >= 15 is 0 Å². The second-order valence-corrected chi connectivity index (χ2v) is 6.37. The highest BCUT2D eigenvalue weighted by Gasteiger charge is 2.27. The molecule has 2 heterocycles. The van der Waals surface area contributed by atoms with Crippen molar-refractivity contribution < 1.29 is 9.53 Å². The van der Waals surface area contributed by atoms with E-state index in [0.29, 0.717) is 6.02 Å². The van der Waals surface area contributed by atoms with E-state index in [1.165, 1.54) is 0 Å². The first-order valence-corrected chi connectivity index (χ1v) is 7.02. The van der Waals surface area contributed by atoms with Crippen molar-refractivity contribution in [2.24, 2.45) is 4.99 Å². The van der Waals surface area contributed by atoms with Crippen molar-refractivity contribution in [3.63, 3.8) is 0 Å². The van der Waals surface area contributed by atoms with E-state index in [0.717, 1.165) is 22.4 Å². The Balaban J connectivity index is 2.40. The molecule has 0 bridgehead atoms. The van der Waals surface area contributed by atoms with Crippen LogP contribution in [0.15, 0.2) is 28.1 Å². The number of aldehydes is 1. The van der Waals surface area contributed by atoms with Gasteiger partial charge in [0.1, 0.15) is 0 Å². The molecule has 0 aromatic carbocycles. The first-order valence-electron chi connectivity index (χ1n) is 6.14. The molecule has 102 valence electrons. The molecular formula is C14H18N2O2S. The molecule has 0 saturated heterocycles. The van der Waals surface area contributed by atoms with Crippen LogP contribution in [0.25, 0.3) is 5.70 Å². The molecule has 1 aromatic rings. The summed E-state index contributed by atoms with van der Waals surface area (Å²) in [6, 6.07) is 4.39. The maximum absolute atomic E-state index is 11.2. The minimum atomic E-state index is -0.570. The Labute approximate surface area is 117 Å². The van der Waals surface area contributed by atoms with Gasteiger partial charge in [0, 0.05) is 0 Å². The topological polar surface area (TPSA) is 50.7 Å². The quantitative estimate of drug-likeness (QED) is 0.846. The standard InChI is InChI=1S/C14H18N2O2S/c1-9-10(8-17)18-13(16-14(2,3)4)15-12(9)11-6-5-7-19-11/h5-8,10H,1-4H3,(H,15,16). The van der Waals surface area contributed by atoms with E-state index in [1.807, 2.05) is 45.2 Å². The molecule has 1 aliphatic rings. The van der Waals surface area contributed by atoms with E-state index in [4.69, 9.17) is 4.74 Å². The summed E-state index contributed by atoms with van der Waals surface area (Å²) in [6.45, 7) is 7.85. The fraction of sp³-hybridized carbons (Fsp3) is 0.429. The Hall–Kier alpha value is -1.62. The third-order valence-corrected chi connectivity index (χ3v) is 3.51. The summed E-state index contributed by atoms with van der Waals surface area (Å²) in [5.41, 5.74) is 1.54. The fourth-order valence-electron chi connectivity index (χ4n) is 1.75. The molecular weight excluding hydrogens is 260 g/mol. The van der Waals surface area contributed by atoms with Crippen LogP contribution in [0, 0.1) is 0 Å². The zero-order valence-electron chi connectivity index (χ0n) is 11.6. The van der Waals surface area contributed by atoms with E-state index < -0.39 is 6.10 Å². The smallest absolute Gasteiger partial charge is 0.290 e. The minimum absolute atomic E-state index is 0.262. The lowest BCUT2D eigenvalue weighted by atomic mass is 10.1. The molecule has 1 unspecified atom stereocenters. The third kappa shape index (κ3) is 3.23. The van der Waals surface area contributed by atoms with Crippen LogP contribution in [0.3, 0.4) is 0 Å². The number of amidine groups is 1. The molecule has 0 amide bonds. The second-order valence-electron chi connectivity index (χ2n) is 5.42. The lowest BCUT2D eigenvalue weighted by molar-refractivity contribution is -0.113. The maximum Gasteiger partial charge on any atom is 0.290 e.